The maximum atomic E-state index is 12.5. The minimum absolute atomic E-state index is 0.0339. The van der Waals surface area contributed by atoms with Crippen LogP contribution in [0.4, 0.5) is 9.59 Å². The minimum atomic E-state index is -0.808. The number of carbonyl (C=O) groups is 3. The van der Waals surface area contributed by atoms with Crippen molar-refractivity contribution < 1.29 is 38.1 Å². The maximum Gasteiger partial charge on any atom is 0.414 e. The second kappa shape index (κ2) is 11.2. The van der Waals surface area contributed by atoms with Gasteiger partial charge in [0, 0.05) is 20.2 Å². The van der Waals surface area contributed by atoms with Gasteiger partial charge in [0.25, 0.3) is 0 Å². The van der Waals surface area contributed by atoms with Gasteiger partial charge >= 0.3 is 12.2 Å². The molecular formula is C24H39N3O8. The summed E-state index contributed by atoms with van der Waals surface area (Å²) in [5.74, 6) is -0.593. The number of epoxide rings is 2. The lowest BCUT2D eigenvalue weighted by molar-refractivity contribution is -0.126. The van der Waals surface area contributed by atoms with Crippen LogP contribution in [-0.4, -0.2) is 100 Å². The number of carbonyl (C=O) groups excluding carboxylic acids is 3. The molecule has 0 aromatic carbocycles. The highest BCUT2D eigenvalue weighted by Crippen LogP contribution is 2.59. The summed E-state index contributed by atoms with van der Waals surface area (Å²) in [5, 5.41) is 4.81. The van der Waals surface area contributed by atoms with Gasteiger partial charge in [-0.3, -0.25) is 15.0 Å². The van der Waals surface area contributed by atoms with E-state index in [4.69, 9.17) is 18.9 Å². The Balaban J connectivity index is 1.53. The van der Waals surface area contributed by atoms with Crippen molar-refractivity contribution in [3.8, 4) is 0 Å². The van der Waals surface area contributed by atoms with Crippen LogP contribution in [0, 0.1) is 5.92 Å². The van der Waals surface area contributed by atoms with E-state index in [-0.39, 0.29) is 24.2 Å². The van der Waals surface area contributed by atoms with Gasteiger partial charge in [-0.15, -0.1) is 0 Å². The summed E-state index contributed by atoms with van der Waals surface area (Å²) in [6.45, 7) is 7.51. The molecular weight excluding hydrogens is 458 g/mol. The van der Waals surface area contributed by atoms with E-state index in [1.807, 2.05) is 0 Å². The molecule has 3 fully saturated rings. The summed E-state index contributed by atoms with van der Waals surface area (Å²) in [6, 6.07) is 0. The number of likely N-dealkylation sites (N-methyl/N-ethyl adjacent to an activating group) is 1. The van der Waals surface area contributed by atoms with E-state index in [2.05, 4.69) is 42.2 Å². The third-order valence-electron chi connectivity index (χ3n) is 7.10. The fraction of sp³-hybridized carbons (Fsp3) is 0.792. The molecule has 1 saturated carbocycles. The first-order chi connectivity index (χ1) is 16.5. The van der Waals surface area contributed by atoms with Crippen LogP contribution in [0.25, 0.3) is 0 Å². The topological polar surface area (TPSA) is 131 Å². The van der Waals surface area contributed by atoms with E-state index in [0.717, 1.165) is 12.8 Å². The molecule has 0 bridgehead atoms. The Morgan fingerprint density at radius 2 is 1.91 bits per heavy atom. The van der Waals surface area contributed by atoms with Crippen LogP contribution >= 0.6 is 0 Å². The van der Waals surface area contributed by atoms with Crippen LogP contribution in [0.1, 0.15) is 40.0 Å². The monoisotopic (exact) mass is 497 g/mol. The smallest absolute Gasteiger partial charge is 0.414 e. The molecule has 3 amide bonds. The molecule has 2 heterocycles. The average molecular weight is 498 g/mol. The van der Waals surface area contributed by atoms with Crippen LogP contribution in [0.5, 0.6) is 0 Å². The Labute approximate surface area is 206 Å². The first-order valence-corrected chi connectivity index (χ1v) is 12.0. The van der Waals surface area contributed by atoms with Gasteiger partial charge in [-0.25, -0.2) is 9.59 Å². The summed E-state index contributed by atoms with van der Waals surface area (Å²) in [4.78, 5) is 37.6. The van der Waals surface area contributed by atoms with Crippen LogP contribution in [0.15, 0.2) is 11.6 Å². The molecule has 198 valence electrons. The Bertz CT molecular complexity index is 826. The van der Waals surface area contributed by atoms with Crippen LogP contribution in [-0.2, 0) is 28.5 Å². The molecule has 0 aromatic rings. The molecule has 6 atom stereocenters. The Kier molecular flexibility index (Phi) is 8.79. The van der Waals surface area contributed by atoms with Gasteiger partial charge in [-0.05, 0) is 47.1 Å². The lowest BCUT2D eigenvalue weighted by Gasteiger charge is -2.42. The van der Waals surface area contributed by atoms with Gasteiger partial charge in [0.2, 0.25) is 5.91 Å². The largest absolute Gasteiger partial charge is 0.453 e. The fourth-order valence-corrected chi connectivity index (χ4v) is 5.14. The van der Waals surface area contributed by atoms with Crippen molar-refractivity contribution in [1.29, 1.82) is 0 Å². The highest BCUT2D eigenvalue weighted by molar-refractivity contribution is 5.92. The number of imide groups is 1. The van der Waals surface area contributed by atoms with Crippen molar-refractivity contribution in [2.75, 3.05) is 47.5 Å². The quantitative estimate of drug-likeness (QED) is 0.341. The lowest BCUT2D eigenvalue weighted by Crippen LogP contribution is -2.56. The van der Waals surface area contributed by atoms with E-state index < -0.39 is 35.9 Å². The van der Waals surface area contributed by atoms with Gasteiger partial charge < -0.3 is 29.0 Å². The van der Waals surface area contributed by atoms with E-state index >= 15 is 0 Å². The molecule has 2 N–H and O–H groups in total. The molecule has 1 spiro atoms. The summed E-state index contributed by atoms with van der Waals surface area (Å²) in [6.07, 6.45) is 2.04. The van der Waals surface area contributed by atoms with Crippen LogP contribution < -0.4 is 10.6 Å². The highest BCUT2D eigenvalue weighted by Gasteiger charge is 2.72. The average Bonchev–Trinajstić information content (AvgIpc) is 3.70. The number of hydrogen-bond acceptors (Lipinski definition) is 9. The van der Waals surface area contributed by atoms with E-state index in [1.54, 1.807) is 19.1 Å². The Morgan fingerprint density at radius 3 is 2.51 bits per heavy atom. The summed E-state index contributed by atoms with van der Waals surface area (Å²) in [7, 11) is 4.58. The zero-order valence-corrected chi connectivity index (χ0v) is 21.5. The molecule has 3 rings (SSSR count). The number of methoxy groups -OCH3 is 2. The zero-order valence-electron chi connectivity index (χ0n) is 21.5. The predicted molar refractivity (Wildman–Crippen MR) is 126 cm³/mol. The molecule has 2 aliphatic heterocycles. The predicted octanol–water partition coefficient (Wildman–Crippen LogP) is 1.60. The number of amides is 3. The van der Waals surface area contributed by atoms with Crippen molar-refractivity contribution in [2.24, 2.45) is 5.92 Å². The molecule has 2 saturated heterocycles. The molecule has 11 nitrogen and oxygen atoms in total. The Morgan fingerprint density at radius 1 is 1.20 bits per heavy atom. The van der Waals surface area contributed by atoms with Crippen molar-refractivity contribution in [1.82, 2.24) is 15.5 Å². The van der Waals surface area contributed by atoms with E-state index in [9.17, 15) is 14.4 Å². The number of ether oxygens (including phenoxy) is 5. The molecule has 0 aromatic heterocycles. The highest BCUT2D eigenvalue weighted by atomic mass is 16.6. The van der Waals surface area contributed by atoms with Gasteiger partial charge in [-0.2, -0.15) is 0 Å². The summed E-state index contributed by atoms with van der Waals surface area (Å²) >= 11 is 0. The SMILES string of the molecule is COC(=O)NCCN(C)CC(=O)NC(=O)OC1CC[C@]2(CO2)C(C2(C)O[C@@H]2CC=C(C)C)C1OC. The summed E-state index contributed by atoms with van der Waals surface area (Å²) < 4.78 is 28.1. The number of nitrogens with one attached hydrogen (secondary N) is 2. The Hall–Kier alpha value is -2.21. The zero-order chi connectivity index (χ0) is 25.8. The molecule has 11 heteroatoms. The normalized spacial score (nSPS) is 33.1. The molecule has 4 unspecified atom stereocenters. The van der Waals surface area contributed by atoms with Gasteiger partial charge in [0.05, 0.1) is 32.3 Å². The van der Waals surface area contributed by atoms with Crippen LogP contribution in [0.2, 0.25) is 0 Å². The third-order valence-corrected chi connectivity index (χ3v) is 7.10. The first-order valence-electron chi connectivity index (χ1n) is 12.0. The molecule has 3 aliphatic rings. The molecule has 0 radical (unpaired) electrons. The van der Waals surface area contributed by atoms with Crippen LogP contribution in [0.3, 0.4) is 0 Å². The van der Waals surface area contributed by atoms with E-state index in [1.165, 1.54) is 12.7 Å². The lowest BCUT2D eigenvalue weighted by atomic mass is 9.68. The number of nitrogens with zero attached hydrogens (tertiary/aromatic N) is 1. The van der Waals surface area contributed by atoms with Gasteiger partial charge in [0.15, 0.2) is 0 Å². The van der Waals surface area contributed by atoms with Crippen molar-refractivity contribution >= 4 is 18.1 Å². The third kappa shape index (κ3) is 6.72. The first kappa shape index (κ1) is 27.4. The second-order valence-electron chi connectivity index (χ2n) is 10.0. The fourth-order valence-electron chi connectivity index (χ4n) is 5.14. The number of alkyl carbamates (subject to hydrolysis) is 2. The molecule has 1 aliphatic carbocycles. The van der Waals surface area contributed by atoms with Crippen molar-refractivity contribution in [3.05, 3.63) is 11.6 Å². The van der Waals surface area contributed by atoms with Crippen molar-refractivity contribution in [3.63, 3.8) is 0 Å². The number of hydrogen-bond donors (Lipinski definition) is 2. The van der Waals surface area contributed by atoms with E-state index in [0.29, 0.717) is 26.1 Å². The summed E-state index contributed by atoms with van der Waals surface area (Å²) in [5.41, 5.74) is 0.487. The second-order valence-corrected chi connectivity index (χ2v) is 10.0. The standard InChI is InChI=1S/C24H39N3O8/c1-15(2)7-8-17-23(3,35-17)20-19(31-5)16(9-10-24(20)14-33-24)34-22(30)26-18(28)13-27(4)12-11-25-21(29)32-6/h7,16-17,19-20H,8-14H2,1-6H3,(H,25,29)(H,26,28,30)/t16?,17-,19?,20?,23?,24+/m1/s1. The number of allylic oxidation sites excluding steroid dienone is 1. The van der Waals surface area contributed by atoms with Crippen molar-refractivity contribution in [2.45, 2.75) is 69.5 Å². The molecule has 35 heavy (non-hydrogen) atoms. The number of rotatable bonds is 10. The van der Waals surface area contributed by atoms with Gasteiger partial charge in [-0.1, -0.05) is 11.6 Å². The maximum absolute atomic E-state index is 12.5. The van der Waals surface area contributed by atoms with Gasteiger partial charge in [0.1, 0.15) is 23.4 Å². The minimum Gasteiger partial charge on any atom is -0.453 e.